The van der Waals surface area contributed by atoms with E-state index in [4.69, 9.17) is 10.3 Å². The number of hydrogen-bond acceptors (Lipinski definition) is 4. The summed E-state index contributed by atoms with van der Waals surface area (Å²) in [5.74, 6) is 5.25. The SMILES string of the molecule is Cc1cc(=O)oc2cc(NN)ccc12.Cl. The fourth-order valence-corrected chi connectivity index (χ4v) is 1.41. The van der Waals surface area contributed by atoms with Crippen molar-refractivity contribution in [1.82, 2.24) is 0 Å². The lowest BCUT2D eigenvalue weighted by Gasteiger charge is -2.02. The van der Waals surface area contributed by atoms with E-state index in [1.807, 2.05) is 19.1 Å². The molecule has 0 aliphatic rings. The van der Waals surface area contributed by atoms with Crippen molar-refractivity contribution >= 4 is 29.1 Å². The highest BCUT2D eigenvalue weighted by Gasteiger charge is 2.02. The second-order valence-corrected chi connectivity index (χ2v) is 3.10. The van der Waals surface area contributed by atoms with Crippen LogP contribution >= 0.6 is 12.4 Å². The minimum absolute atomic E-state index is 0. The van der Waals surface area contributed by atoms with E-state index >= 15 is 0 Å². The number of hydrazine groups is 1. The van der Waals surface area contributed by atoms with E-state index < -0.39 is 0 Å². The van der Waals surface area contributed by atoms with Crippen LogP contribution < -0.4 is 16.9 Å². The summed E-state index contributed by atoms with van der Waals surface area (Å²) in [6.45, 7) is 1.87. The number of nitrogens with two attached hydrogens (primary N) is 1. The highest BCUT2D eigenvalue weighted by molar-refractivity contribution is 5.85. The number of hydrogen-bond donors (Lipinski definition) is 2. The normalized spacial score (nSPS) is 9.73. The molecular formula is C10H11ClN2O2. The van der Waals surface area contributed by atoms with Crippen molar-refractivity contribution in [2.24, 2.45) is 5.84 Å². The molecular weight excluding hydrogens is 216 g/mol. The summed E-state index contributed by atoms with van der Waals surface area (Å²) < 4.78 is 5.03. The lowest BCUT2D eigenvalue weighted by Crippen LogP contribution is -2.06. The average Bonchev–Trinajstić information content (AvgIpc) is 2.16. The van der Waals surface area contributed by atoms with Crippen molar-refractivity contribution in [3.63, 3.8) is 0 Å². The number of halogens is 1. The minimum Gasteiger partial charge on any atom is -0.423 e. The van der Waals surface area contributed by atoms with Crippen LogP contribution in [0.25, 0.3) is 11.0 Å². The van der Waals surface area contributed by atoms with Crippen LogP contribution in [-0.2, 0) is 0 Å². The van der Waals surface area contributed by atoms with E-state index in [0.717, 1.165) is 10.9 Å². The Bertz CT molecular complexity index is 536. The van der Waals surface area contributed by atoms with Gasteiger partial charge in [-0.05, 0) is 24.6 Å². The molecule has 2 rings (SSSR count). The van der Waals surface area contributed by atoms with Gasteiger partial charge in [0.15, 0.2) is 0 Å². The van der Waals surface area contributed by atoms with E-state index in [1.165, 1.54) is 6.07 Å². The second kappa shape index (κ2) is 4.33. The van der Waals surface area contributed by atoms with Gasteiger partial charge in [-0.2, -0.15) is 0 Å². The van der Waals surface area contributed by atoms with E-state index in [-0.39, 0.29) is 18.0 Å². The number of benzene rings is 1. The smallest absolute Gasteiger partial charge is 0.336 e. The first-order valence-electron chi connectivity index (χ1n) is 4.22. The first kappa shape index (κ1) is 11.6. The summed E-state index contributed by atoms with van der Waals surface area (Å²) in [6, 6.07) is 6.86. The molecule has 0 amide bonds. The van der Waals surface area contributed by atoms with Crippen LogP contribution in [0.3, 0.4) is 0 Å². The second-order valence-electron chi connectivity index (χ2n) is 3.10. The third kappa shape index (κ3) is 2.11. The van der Waals surface area contributed by atoms with Crippen LogP contribution in [0, 0.1) is 6.92 Å². The van der Waals surface area contributed by atoms with Crippen LogP contribution in [0.2, 0.25) is 0 Å². The maximum atomic E-state index is 11.1. The van der Waals surface area contributed by atoms with Crippen LogP contribution in [0.1, 0.15) is 5.56 Å². The molecule has 0 radical (unpaired) electrons. The minimum atomic E-state index is -0.343. The molecule has 0 unspecified atom stereocenters. The monoisotopic (exact) mass is 226 g/mol. The summed E-state index contributed by atoms with van der Waals surface area (Å²) in [5.41, 5.74) is 4.32. The molecule has 2 aromatic rings. The summed E-state index contributed by atoms with van der Waals surface area (Å²) in [5, 5.41) is 0.920. The molecule has 0 saturated carbocycles. The van der Waals surface area contributed by atoms with Crippen LogP contribution in [0.5, 0.6) is 0 Å². The largest absolute Gasteiger partial charge is 0.423 e. The lowest BCUT2D eigenvalue weighted by atomic mass is 10.1. The molecule has 3 N–H and O–H groups in total. The maximum absolute atomic E-state index is 11.1. The predicted molar refractivity (Wildman–Crippen MR) is 62.3 cm³/mol. The van der Waals surface area contributed by atoms with Crippen molar-refractivity contribution in [3.05, 3.63) is 40.2 Å². The fraction of sp³-hybridized carbons (Fsp3) is 0.100. The molecule has 0 saturated heterocycles. The first-order valence-corrected chi connectivity index (χ1v) is 4.22. The Hall–Kier alpha value is -1.52. The summed E-state index contributed by atoms with van der Waals surface area (Å²) in [6.07, 6.45) is 0. The summed E-state index contributed by atoms with van der Waals surface area (Å²) in [4.78, 5) is 11.1. The van der Waals surface area contributed by atoms with Crippen molar-refractivity contribution in [3.8, 4) is 0 Å². The topological polar surface area (TPSA) is 68.3 Å². The molecule has 80 valence electrons. The predicted octanol–water partition coefficient (Wildman–Crippen LogP) is 1.81. The molecule has 1 heterocycles. The summed E-state index contributed by atoms with van der Waals surface area (Å²) >= 11 is 0. The summed E-state index contributed by atoms with van der Waals surface area (Å²) in [7, 11) is 0. The van der Waals surface area contributed by atoms with Gasteiger partial charge in [0.05, 0.1) is 5.69 Å². The van der Waals surface area contributed by atoms with Gasteiger partial charge in [-0.1, -0.05) is 0 Å². The molecule has 0 bridgehead atoms. The molecule has 4 nitrogen and oxygen atoms in total. The number of nitrogen functional groups attached to an aromatic ring is 1. The van der Waals surface area contributed by atoms with E-state index in [2.05, 4.69) is 5.43 Å². The molecule has 15 heavy (non-hydrogen) atoms. The molecule has 0 spiro atoms. The van der Waals surface area contributed by atoms with Gasteiger partial charge in [0.2, 0.25) is 0 Å². The Morgan fingerprint density at radius 1 is 1.33 bits per heavy atom. The van der Waals surface area contributed by atoms with Gasteiger partial charge in [-0.3, -0.25) is 5.84 Å². The first-order chi connectivity index (χ1) is 6.70. The van der Waals surface area contributed by atoms with E-state index in [0.29, 0.717) is 11.3 Å². The van der Waals surface area contributed by atoms with E-state index in [1.54, 1.807) is 6.07 Å². The molecule has 0 aliphatic heterocycles. The molecule has 0 aliphatic carbocycles. The quantitative estimate of drug-likeness (QED) is 0.442. The number of anilines is 1. The van der Waals surface area contributed by atoms with Crippen molar-refractivity contribution in [2.45, 2.75) is 6.92 Å². The van der Waals surface area contributed by atoms with Gasteiger partial charge in [-0.15, -0.1) is 12.4 Å². The fourth-order valence-electron chi connectivity index (χ4n) is 1.41. The molecule has 1 aromatic heterocycles. The van der Waals surface area contributed by atoms with Crippen LogP contribution in [0.15, 0.2) is 33.5 Å². The zero-order valence-electron chi connectivity index (χ0n) is 8.11. The van der Waals surface area contributed by atoms with Crippen molar-refractivity contribution in [2.75, 3.05) is 5.43 Å². The van der Waals surface area contributed by atoms with Crippen molar-refractivity contribution < 1.29 is 4.42 Å². The molecule has 5 heteroatoms. The standard InChI is InChI=1S/C10H10N2O2.ClH/c1-6-4-10(13)14-9-5-7(12-11)2-3-8(6)9;/h2-5,12H,11H2,1H3;1H. The molecule has 1 aromatic carbocycles. The zero-order valence-corrected chi connectivity index (χ0v) is 8.93. The van der Waals surface area contributed by atoms with Gasteiger partial charge < -0.3 is 9.84 Å². The van der Waals surface area contributed by atoms with Gasteiger partial charge >= 0.3 is 5.63 Å². The lowest BCUT2D eigenvalue weighted by molar-refractivity contribution is 0.560. The average molecular weight is 227 g/mol. The van der Waals surface area contributed by atoms with Crippen LogP contribution in [-0.4, -0.2) is 0 Å². The van der Waals surface area contributed by atoms with Gasteiger partial charge in [0.25, 0.3) is 0 Å². The Labute approximate surface area is 92.5 Å². The van der Waals surface area contributed by atoms with Gasteiger partial charge in [0, 0.05) is 17.5 Å². The van der Waals surface area contributed by atoms with Gasteiger partial charge in [0.1, 0.15) is 5.58 Å². The third-order valence-corrected chi connectivity index (χ3v) is 2.12. The Morgan fingerprint density at radius 2 is 2.07 bits per heavy atom. The van der Waals surface area contributed by atoms with Crippen molar-refractivity contribution in [1.29, 1.82) is 0 Å². The Morgan fingerprint density at radius 3 is 2.73 bits per heavy atom. The highest BCUT2D eigenvalue weighted by atomic mass is 35.5. The maximum Gasteiger partial charge on any atom is 0.336 e. The molecule has 0 atom stereocenters. The van der Waals surface area contributed by atoms with Crippen LogP contribution in [0.4, 0.5) is 5.69 Å². The van der Waals surface area contributed by atoms with E-state index in [9.17, 15) is 4.79 Å². The van der Waals surface area contributed by atoms with Gasteiger partial charge in [-0.25, -0.2) is 4.79 Å². The Kier molecular flexibility index (Phi) is 3.34. The molecule has 0 fully saturated rings. The number of fused-ring (bicyclic) bond motifs is 1. The number of rotatable bonds is 1. The third-order valence-electron chi connectivity index (χ3n) is 2.12. The number of nitrogens with one attached hydrogen (secondary N) is 1. The number of aryl methyl sites for hydroxylation is 1. The highest BCUT2D eigenvalue weighted by Crippen LogP contribution is 2.19. The Balaban J connectivity index is 0.00000112. The zero-order chi connectivity index (χ0) is 10.1.